The predicted molar refractivity (Wildman–Crippen MR) is 43.2 cm³/mol. The van der Waals surface area contributed by atoms with Gasteiger partial charge in [0.2, 0.25) is 0 Å². The maximum absolute atomic E-state index is 12.7. The molecule has 4 heteroatoms. The Morgan fingerprint density at radius 2 is 2.42 bits per heavy atom. The standard InChI is InChI=1S/C8H12FN3/c1-5(9)6-4-11-7(12-6)8(10)2-3-8/h4-5H,2-3,10H2,1H3,(H,11,12). The van der Waals surface area contributed by atoms with Gasteiger partial charge in [-0.2, -0.15) is 0 Å². The van der Waals surface area contributed by atoms with Gasteiger partial charge >= 0.3 is 0 Å². The second-order valence-electron chi connectivity index (χ2n) is 3.46. The van der Waals surface area contributed by atoms with Crippen molar-refractivity contribution in [2.24, 2.45) is 5.73 Å². The summed E-state index contributed by atoms with van der Waals surface area (Å²) in [5, 5.41) is 0. The summed E-state index contributed by atoms with van der Waals surface area (Å²) in [6.07, 6.45) is 2.42. The lowest BCUT2D eigenvalue weighted by Gasteiger charge is -2.02. The number of nitrogens with two attached hydrogens (primary N) is 1. The largest absolute Gasteiger partial charge is 0.342 e. The minimum atomic E-state index is -0.992. The number of imidazole rings is 1. The van der Waals surface area contributed by atoms with E-state index in [2.05, 4.69) is 9.97 Å². The molecule has 1 saturated carbocycles. The van der Waals surface area contributed by atoms with E-state index in [4.69, 9.17) is 5.73 Å². The van der Waals surface area contributed by atoms with Crippen LogP contribution in [0.4, 0.5) is 4.39 Å². The van der Waals surface area contributed by atoms with Gasteiger partial charge in [0.1, 0.15) is 12.0 Å². The third-order valence-corrected chi connectivity index (χ3v) is 2.28. The first-order valence-electron chi connectivity index (χ1n) is 4.10. The molecule has 0 aliphatic heterocycles. The van der Waals surface area contributed by atoms with Gasteiger partial charge in [0.15, 0.2) is 0 Å². The van der Waals surface area contributed by atoms with Crippen molar-refractivity contribution < 1.29 is 4.39 Å². The van der Waals surface area contributed by atoms with Gasteiger partial charge in [0.25, 0.3) is 0 Å². The molecule has 0 radical (unpaired) electrons. The average molecular weight is 169 g/mol. The van der Waals surface area contributed by atoms with Crippen LogP contribution in [0.3, 0.4) is 0 Å². The number of halogens is 1. The summed E-state index contributed by atoms with van der Waals surface area (Å²) in [5.74, 6) is 0.724. The summed E-state index contributed by atoms with van der Waals surface area (Å²) in [6, 6.07) is 0. The first-order chi connectivity index (χ1) is 5.62. The molecule has 0 amide bonds. The third-order valence-electron chi connectivity index (χ3n) is 2.28. The van der Waals surface area contributed by atoms with E-state index in [1.54, 1.807) is 0 Å². The lowest BCUT2D eigenvalue weighted by Crippen LogP contribution is -2.20. The summed E-state index contributed by atoms with van der Waals surface area (Å²) in [7, 11) is 0. The van der Waals surface area contributed by atoms with Crippen LogP contribution in [0.2, 0.25) is 0 Å². The van der Waals surface area contributed by atoms with Crippen LogP contribution >= 0.6 is 0 Å². The van der Waals surface area contributed by atoms with E-state index >= 15 is 0 Å². The van der Waals surface area contributed by atoms with Crippen molar-refractivity contribution in [2.75, 3.05) is 0 Å². The van der Waals surface area contributed by atoms with Crippen molar-refractivity contribution in [2.45, 2.75) is 31.5 Å². The Kier molecular flexibility index (Phi) is 1.48. The molecule has 1 fully saturated rings. The maximum Gasteiger partial charge on any atom is 0.139 e. The third kappa shape index (κ3) is 1.12. The number of alkyl halides is 1. The smallest absolute Gasteiger partial charge is 0.139 e. The van der Waals surface area contributed by atoms with Gasteiger partial charge in [0.05, 0.1) is 17.4 Å². The number of rotatable bonds is 2. The zero-order valence-electron chi connectivity index (χ0n) is 6.97. The summed E-state index contributed by atoms with van der Waals surface area (Å²) < 4.78 is 12.7. The molecule has 0 bridgehead atoms. The van der Waals surface area contributed by atoms with Gasteiger partial charge in [-0.05, 0) is 19.8 Å². The van der Waals surface area contributed by atoms with Crippen LogP contribution in [0.5, 0.6) is 0 Å². The summed E-state index contributed by atoms with van der Waals surface area (Å²) in [6.45, 7) is 1.48. The molecule has 1 aromatic heterocycles. The molecule has 66 valence electrons. The predicted octanol–water partition coefficient (Wildman–Crippen LogP) is 1.39. The number of H-pyrrole nitrogens is 1. The fourth-order valence-corrected chi connectivity index (χ4v) is 1.16. The van der Waals surface area contributed by atoms with Crippen molar-refractivity contribution in [1.82, 2.24) is 9.97 Å². The van der Waals surface area contributed by atoms with Gasteiger partial charge in [-0.15, -0.1) is 0 Å². The minimum Gasteiger partial charge on any atom is -0.342 e. The molecule has 1 heterocycles. The zero-order valence-corrected chi connectivity index (χ0v) is 6.97. The summed E-state index contributed by atoms with van der Waals surface area (Å²) in [4.78, 5) is 6.95. The topological polar surface area (TPSA) is 54.7 Å². The van der Waals surface area contributed by atoms with Crippen molar-refractivity contribution >= 4 is 0 Å². The van der Waals surface area contributed by atoms with Gasteiger partial charge in [0, 0.05) is 0 Å². The van der Waals surface area contributed by atoms with E-state index in [0.29, 0.717) is 5.69 Å². The Labute approximate surface area is 70.2 Å². The first kappa shape index (κ1) is 7.73. The zero-order chi connectivity index (χ0) is 8.77. The highest BCUT2D eigenvalue weighted by molar-refractivity contribution is 5.18. The summed E-state index contributed by atoms with van der Waals surface area (Å²) in [5.41, 5.74) is 6.10. The molecule has 1 atom stereocenters. The van der Waals surface area contributed by atoms with E-state index in [-0.39, 0.29) is 5.54 Å². The number of nitrogens with zero attached hydrogens (tertiary/aromatic N) is 1. The normalized spacial score (nSPS) is 22.2. The highest BCUT2D eigenvalue weighted by Gasteiger charge is 2.42. The second kappa shape index (κ2) is 2.29. The number of nitrogens with one attached hydrogen (secondary N) is 1. The number of hydrogen-bond donors (Lipinski definition) is 2. The summed E-state index contributed by atoms with van der Waals surface area (Å²) >= 11 is 0. The van der Waals surface area contributed by atoms with E-state index in [9.17, 15) is 4.39 Å². The first-order valence-corrected chi connectivity index (χ1v) is 4.10. The van der Waals surface area contributed by atoms with Crippen molar-refractivity contribution in [3.63, 3.8) is 0 Å². The molecule has 0 spiro atoms. The lowest BCUT2D eigenvalue weighted by molar-refractivity contribution is 0.366. The Bertz CT molecular complexity index is 288. The molecule has 1 aliphatic rings. The lowest BCUT2D eigenvalue weighted by atomic mass is 10.3. The minimum absolute atomic E-state index is 0.285. The Hall–Kier alpha value is -0.900. The van der Waals surface area contributed by atoms with Crippen molar-refractivity contribution in [3.8, 4) is 0 Å². The highest BCUT2D eigenvalue weighted by Crippen LogP contribution is 2.41. The average Bonchev–Trinajstić information content (AvgIpc) is 2.61. The highest BCUT2D eigenvalue weighted by atomic mass is 19.1. The van der Waals surface area contributed by atoms with Crippen LogP contribution in [-0.4, -0.2) is 9.97 Å². The Morgan fingerprint density at radius 1 is 1.75 bits per heavy atom. The van der Waals surface area contributed by atoms with E-state index < -0.39 is 6.17 Å². The molecule has 12 heavy (non-hydrogen) atoms. The molecule has 1 unspecified atom stereocenters. The number of aromatic amines is 1. The van der Waals surface area contributed by atoms with E-state index in [1.165, 1.54) is 13.1 Å². The van der Waals surface area contributed by atoms with E-state index in [0.717, 1.165) is 18.7 Å². The molecular weight excluding hydrogens is 157 g/mol. The molecule has 0 aromatic carbocycles. The van der Waals surface area contributed by atoms with Crippen LogP contribution < -0.4 is 5.73 Å². The van der Waals surface area contributed by atoms with Crippen LogP contribution in [0, 0.1) is 0 Å². The fourth-order valence-electron chi connectivity index (χ4n) is 1.16. The fraction of sp³-hybridized carbons (Fsp3) is 0.625. The quantitative estimate of drug-likeness (QED) is 0.702. The molecule has 0 saturated heterocycles. The van der Waals surface area contributed by atoms with Crippen LogP contribution in [0.15, 0.2) is 6.20 Å². The molecule has 1 aromatic rings. The van der Waals surface area contributed by atoms with Gasteiger partial charge < -0.3 is 10.7 Å². The monoisotopic (exact) mass is 169 g/mol. The number of aromatic nitrogens is 2. The van der Waals surface area contributed by atoms with Crippen LogP contribution in [0.1, 0.15) is 37.5 Å². The second-order valence-corrected chi connectivity index (χ2v) is 3.46. The van der Waals surface area contributed by atoms with Crippen molar-refractivity contribution in [3.05, 3.63) is 17.7 Å². The van der Waals surface area contributed by atoms with Crippen LogP contribution in [0.25, 0.3) is 0 Å². The SMILES string of the molecule is CC(F)c1cnc(C2(N)CC2)[nH]1. The Balaban J connectivity index is 2.25. The maximum atomic E-state index is 12.7. The van der Waals surface area contributed by atoms with Gasteiger partial charge in [-0.25, -0.2) is 9.37 Å². The molecule has 2 rings (SSSR count). The van der Waals surface area contributed by atoms with Gasteiger partial charge in [-0.1, -0.05) is 0 Å². The van der Waals surface area contributed by atoms with Crippen molar-refractivity contribution in [1.29, 1.82) is 0 Å². The Morgan fingerprint density at radius 3 is 2.83 bits per heavy atom. The number of hydrogen-bond acceptors (Lipinski definition) is 2. The molecule has 1 aliphatic carbocycles. The van der Waals surface area contributed by atoms with Gasteiger partial charge in [-0.3, -0.25) is 0 Å². The van der Waals surface area contributed by atoms with Crippen LogP contribution in [-0.2, 0) is 5.54 Å². The molecule has 3 nitrogen and oxygen atoms in total. The molecular formula is C8H12FN3. The molecule has 3 N–H and O–H groups in total. The van der Waals surface area contributed by atoms with E-state index in [1.807, 2.05) is 0 Å².